The Kier molecular flexibility index (Phi) is 6.63. The Labute approximate surface area is 191 Å². The highest BCUT2D eigenvalue weighted by atomic mass is 16.5. The number of aliphatic hydroxyl groups is 1. The van der Waals surface area contributed by atoms with Crippen molar-refractivity contribution < 1.29 is 14.6 Å². The number of amides is 1. The van der Waals surface area contributed by atoms with E-state index in [1.807, 2.05) is 61.5 Å². The van der Waals surface area contributed by atoms with Gasteiger partial charge in [-0.1, -0.05) is 72.8 Å². The molecule has 0 spiro atoms. The van der Waals surface area contributed by atoms with Gasteiger partial charge in [0.1, 0.15) is 6.10 Å². The first-order valence-corrected chi connectivity index (χ1v) is 10.7. The first kappa shape index (κ1) is 22.4. The summed E-state index contributed by atoms with van der Waals surface area (Å²) in [5.41, 5.74) is 8.06. The topological polar surface area (TPSA) is 107 Å². The molecule has 0 aliphatic carbocycles. The molecule has 0 saturated heterocycles. The number of hydrogen-bond donors (Lipinski definition) is 2. The molecule has 4 aromatic rings. The number of nitrogens with zero attached hydrogens (tertiary/aromatic N) is 2. The lowest BCUT2D eigenvalue weighted by atomic mass is 9.97. The lowest BCUT2D eigenvalue weighted by Crippen LogP contribution is -2.33. The SMILES string of the molecule is Cc1ccccc1C(OCC(O)Cn1nc(C(N)=O)c2ccccc2c1=O)c1ccccc1. The lowest BCUT2D eigenvalue weighted by Gasteiger charge is -2.23. The minimum absolute atomic E-state index is 0.0135. The van der Waals surface area contributed by atoms with Crippen LogP contribution in [0.1, 0.15) is 33.3 Å². The lowest BCUT2D eigenvalue weighted by molar-refractivity contribution is -0.00263. The van der Waals surface area contributed by atoms with Gasteiger partial charge < -0.3 is 15.6 Å². The second kappa shape index (κ2) is 9.77. The van der Waals surface area contributed by atoms with Crippen molar-refractivity contribution in [2.24, 2.45) is 5.73 Å². The summed E-state index contributed by atoms with van der Waals surface area (Å²) in [6, 6.07) is 24.3. The summed E-state index contributed by atoms with van der Waals surface area (Å²) in [5, 5.41) is 15.5. The molecule has 0 aliphatic rings. The molecular formula is C26H25N3O4. The summed E-state index contributed by atoms with van der Waals surface area (Å²) in [7, 11) is 0. The zero-order chi connectivity index (χ0) is 23.4. The summed E-state index contributed by atoms with van der Waals surface area (Å²) in [6.45, 7) is 1.83. The number of aliphatic hydroxyl groups excluding tert-OH is 1. The fraction of sp³-hybridized carbons (Fsp3) is 0.192. The van der Waals surface area contributed by atoms with E-state index < -0.39 is 17.6 Å². The molecular weight excluding hydrogens is 418 g/mol. The van der Waals surface area contributed by atoms with E-state index in [4.69, 9.17) is 10.5 Å². The summed E-state index contributed by atoms with van der Waals surface area (Å²) in [6.07, 6.45) is -1.42. The predicted octanol–water partition coefficient (Wildman–Crippen LogP) is 2.97. The first-order chi connectivity index (χ1) is 16.0. The van der Waals surface area contributed by atoms with Crippen LogP contribution in [0, 0.1) is 6.92 Å². The van der Waals surface area contributed by atoms with Crippen LogP contribution in [-0.4, -0.2) is 33.5 Å². The third-order valence-corrected chi connectivity index (χ3v) is 5.51. The maximum Gasteiger partial charge on any atom is 0.274 e. The predicted molar refractivity (Wildman–Crippen MR) is 126 cm³/mol. The Morgan fingerprint density at radius 2 is 1.64 bits per heavy atom. The third kappa shape index (κ3) is 4.84. The number of fused-ring (bicyclic) bond motifs is 1. The smallest absolute Gasteiger partial charge is 0.274 e. The van der Waals surface area contributed by atoms with Crippen LogP contribution >= 0.6 is 0 Å². The average molecular weight is 444 g/mol. The van der Waals surface area contributed by atoms with Crippen LogP contribution in [0.4, 0.5) is 0 Å². The molecule has 4 rings (SSSR count). The van der Waals surface area contributed by atoms with E-state index in [1.165, 1.54) is 0 Å². The molecule has 3 aromatic carbocycles. The second-order valence-corrected chi connectivity index (χ2v) is 7.88. The number of ether oxygens (including phenoxy) is 1. The number of hydrogen-bond acceptors (Lipinski definition) is 5. The van der Waals surface area contributed by atoms with Crippen LogP contribution < -0.4 is 11.3 Å². The van der Waals surface area contributed by atoms with Gasteiger partial charge in [-0.25, -0.2) is 4.68 Å². The second-order valence-electron chi connectivity index (χ2n) is 7.88. The van der Waals surface area contributed by atoms with Crippen molar-refractivity contribution in [2.45, 2.75) is 25.7 Å². The van der Waals surface area contributed by atoms with Gasteiger partial charge in [0, 0.05) is 5.39 Å². The minimum Gasteiger partial charge on any atom is -0.389 e. The van der Waals surface area contributed by atoms with Gasteiger partial charge in [-0.15, -0.1) is 0 Å². The quantitative estimate of drug-likeness (QED) is 0.435. The molecule has 0 saturated carbocycles. The Bertz CT molecular complexity index is 1330. The number of primary amides is 1. The first-order valence-electron chi connectivity index (χ1n) is 10.7. The monoisotopic (exact) mass is 443 g/mol. The maximum atomic E-state index is 12.9. The van der Waals surface area contributed by atoms with Crippen molar-refractivity contribution in [1.82, 2.24) is 9.78 Å². The highest BCUT2D eigenvalue weighted by Crippen LogP contribution is 2.28. The van der Waals surface area contributed by atoms with Crippen LogP contribution in [-0.2, 0) is 11.3 Å². The van der Waals surface area contributed by atoms with Crippen LogP contribution in [0.5, 0.6) is 0 Å². The molecule has 7 nitrogen and oxygen atoms in total. The Hall–Kier alpha value is -3.81. The summed E-state index contributed by atoms with van der Waals surface area (Å²) < 4.78 is 7.22. The highest BCUT2D eigenvalue weighted by molar-refractivity contribution is 6.03. The number of nitrogens with two attached hydrogens (primary N) is 1. The molecule has 2 atom stereocenters. The molecule has 2 unspecified atom stereocenters. The minimum atomic E-state index is -1.03. The Balaban J connectivity index is 1.58. The van der Waals surface area contributed by atoms with Crippen LogP contribution in [0.25, 0.3) is 10.8 Å². The number of carbonyl (C=O) groups is 1. The normalized spacial score (nSPS) is 13.0. The fourth-order valence-electron chi connectivity index (χ4n) is 3.87. The maximum absolute atomic E-state index is 12.9. The molecule has 1 aromatic heterocycles. The van der Waals surface area contributed by atoms with Crippen molar-refractivity contribution in [3.05, 3.63) is 112 Å². The molecule has 0 aliphatic heterocycles. The molecule has 7 heteroatoms. The highest BCUT2D eigenvalue weighted by Gasteiger charge is 2.20. The fourth-order valence-corrected chi connectivity index (χ4v) is 3.87. The molecule has 33 heavy (non-hydrogen) atoms. The summed E-state index contributed by atoms with van der Waals surface area (Å²) in [4.78, 5) is 24.7. The van der Waals surface area contributed by atoms with E-state index in [9.17, 15) is 14.7 Å². The van der Waals surface area contributed by atoms with E-state index >= 15 is 0 Å². The van der Waals surface area contributed by atoms with Crippen molar-refractivity contribution in [2.75, 3.05) is 6.61 Å². The zero-order valence-electron chi connectivity index (χ0n) is 18.2. The van der Waals surface area contributed by atoms with Crippen molar-refractivity contribution in [3.63, 3.8) is 0 Å². The van der Waals surface area contributed by atoms with Crippen LogP contribution in [0.2, 0.25) is 0 Å². The average Bonchev–Trinajstić information content (AvgIpc) is 2.82. The van der Waals surface area contributed by atoms with Crippen molar-refractivity contribution in [1.29, 1.82) is 0 Å². The van der Waals surface area contributed by atoms with E-state index in [0.717, 1.165) is 21.4 Å². The largest absolute Gasteiger partial charge is 0.389 e. The molecule has 1 amide bonds. The van der Waals surface area contributed by atoms with E-state index in [2.05, 4.69) is 5.10 Å². The van der Waals surface area contributed by atoms with Gasteiger partial charge in [-0.2, -0.15) is 5.10 Å². The molecule has 3 N–H and O–H groups in total. The van der Waals surface area contributed by atoms with Gasteiger partial charge in [0.15, 0.2) is 5.69 Å². The summed E-state index contributed by atoms with van der Waals surface area (Å²) in [5.74, 6) is -0.741. The number of carbonyl (C=O) groups excluding carboxylic acids is 1. The van der Waals surface area contributed by atoms with Crippen LogP contribution in [0.3, 0.4) is 0 Å². The van der Waals surface area contributed by atoms with Gasteiger partial charge in [-0.05, 0) is 29.7 Å². The van der Waals surface area contributed by atoms with Gasteiger partial charge >= 0.3 is 0 Å². The Morgan fingerprint density at radius 1 is 1.00 bits per heavy atom. The van der Waals surface area contributed by atoms with Gasteiger partial charge in [-0.3, -0.25) is 9.59 Å². The van der Waals surface area contributed by atoms with E-state index in [-0.39, 0.29) is 24.9 Å². The number of benzene rings is 3. The van der Waals surface area contributed by atoms with Crippen LogP contribution in [0.15, 0.2) is 83.7 Å². The Morgan fingerprint density at radius 3 is 2.33 bits per heavy atom. The third-order valence-electron chi connectivity index (χ3n) is 5.51. The van der Waals surface area contributed by atoms with Crippen molar-refractivity contribution in [3.8, 4) is 0 Å². The number of rotatable bonds is 8. The van der Waals surface area contributed by atoms with E-state index in [1.54, 1.807) is 24.3 Å². The number of aromatic nitrogens is 2. The van der Waals surface area contributed by atoms with Gasteiger partial charge in [0.05, 0.1) is 24.6 Å². The standard InChI is InChI=1S/C26H25N3O4/c1-17-9-5-6-12-20(17)24(18-10-3-2-4-11-18)33-16-19(30)15-29-26(32)22-14-8-7-13-21(22)23(28-29)25(27)31/h2-14,19,24,30H,15-16H2,1H3,(H2,27,31). The molecule has 0 bridgehead atoms. The molecule has 1 heterocycles. The van der Waals surface area contributed by atoms with Gasteiger partial charge in [0.2, 0.25) is 0 Å². The van der Waals surface area contributed by atoms with Gasteiger partial charge in [0.25, 0.3) is 11.5 Å². The van der Waals surface area contributed by atoms with E-state index in [0.29, 0.717) is 10.8 Å². The zero-order valence-corrected chi connectivity index (χ0v) is 18.2. The van der Waals surface area contributed by atoms with Crippen molar-refractivity contribution >= 4 is 16.7 Å². The molecule has 0 radical (unpaired) electrons. The summed E-state index contributed by atoms with van der Waals surface area (Å²) >= 11 is 0. The number of aryl methyl sites for hydroxylation is 1. The molecule has 168 valence electrons. The molecule has 0 fully saturated rings.